The van der Waals surface area contributed by atoms with E-state index < -0.39 is 0 Å². The lowest BCUT2D eigenvalue weighted by Crippen LogP contribution is -2.41. The van der Waals surface area contributed by atoms with Crippen LogP contribution in [0, 0.1) is 5.92 Å². The van der Waals surface area contributed by atoms with Gasteiger partial charge < -0.3 is 10.2 Å². The molecule has 1 saturated heterocycles. The summed E-state index contributed by atoms with van der Waals surface area (Å²) in [5, 5.41) is 3.57. The molecule has 2 nitrogen and oxygen atoms in total. The summed E-state index contributed by atoms with van der Waals surface area (Å²) in [5.41, 5.74) is 2.81. The van der Waals surface area contributed by atoms with Crippen molar-refractivity contribution in [2.75, 3.05) is 11.4 Å². The van der Waals surface area contributed by atoms with Gasteiger partial charge in [-0.3, -0.25) is 0 Å². The average Bonchev–Trinajstić information content (AvgIpc) is 3.24. The number of nitrogens with one attached hydrogen (secondary N) is 1. The Balaban J connectivity index is 1.63. The number of anilines is 1. The highest BCUT2D eigenvalue weighted by atomic mass is 15.2. The second kappa shape index (κ2) is 5.54. The number of piperidine rings is 1. The summed E-state index contributed by atoms with van der Waals surface area (Å²) in [4.78, 5) is 2.58. The standard InChI is InChI=1S/C17H26N2/c1-13-3-4-14(2)19(12-13)17-9-5-15(6-10-17)11-18-16-7-8-16/h5-6,9-10,13-14,16,18H,3-4,7-8,11-12H2,1-2H3. The highest BCUT2D eigenvalue weighted by molar-refractivity contribution is 5.49. The number of nitrogens with zero attached hydrogens (tertiary/aromatic N) is 1. The van der Waals surface area contributed by atoms with E-state index in [1.807, 2.05) is 0 Å². The summed E-state index contributed by atoms with van der Waals surface area (Å²) in [7, 11) is 0. The molecule has 1 N–H and O–H groups in total. The highest BCUT2D eigenvalue weighted by Gasteiger charge is 2.23. The molecular weight excluding hydrogens is 232 g/mol. The van der Waals surface area contributed by atoms with E-state index in [4.69, 9.17) is 0 Å². The third-order valence-electron chi connectivity index (χ3n) is 4.56. The Hall–Kier alpha value is -1.02. The van der Waals surface area contributed by atoms with Gasteiger partial charge in [-0.05, 0) is 56.2 Å². The second-order valence-electron chi connectivity index (χ2n) is 6.51. The first-order valence-corrected chi connectivity index (χ1v) is 7.81. The minimum Gasteiger partial charge on any atom is -0.369 e. The Labute approximate surface area is 117 Å². The molecular formula is C17H26N2. The summed E-state index contributed by atoms with van der Waals surface area (Å²) in [6.07, 6.45) is 5.43. The van der Waals surface area contributed by atoms with Gasteiger partial charge in [-0.2, -0.15) is 0 Å². The van der Waals surface area contributed by atoms with Gasteiger partial charge in [-0.15, -0.1) is 0 Å². The lowest BCUT2D eigenvalue weighted by atomic mass is 9.94. The molecule has 1 aliphatic heterocycles. The van der Waals surface area contributed by atoms with Crippen molar-refractivity contribution in [2.24, 2.45) is 5.92 Å². The summed E-state index contributed by atoms with van der Waals surface area (Å²) >= 11 is 0. The van der Waals surface area contributed by atoms with Gasteiger partial charge in [0.25, 0.3) is 0 Å². The Morgan fingerprint density at radius 1 is 1.05 bits per heavy atom. The normalized spacial score (nSPS) is 27.6. The summed E-state index contributed by atoms with van der Waals surface area (Å²) in [6.45, 7) is 6.96. The van der Waals surface area contributed by atoms with E-state index in [0.717, 1.165) is 18.5 Å². The van der Waals surface area contributed by atoms with E-state index in [1.54, 1.807) is 0 Å². The third kappa shape index (κ3) is 3.30. The fourth-order valence-corrected chi connectivity index (χ4v) is 3.00. The predicted molar refractivity (Wildman–Crippen MR) is 81.5 cm³/mol. The first kappa shape index (κ1) is 13.0. The van der Waals surface area contributed by atoms with E-state index >= 15 is 0 Å². The molecule has 104 valence electrons. The zero-order valence-corrected chi connectivity index (χ0v) is 12.2. The number of benzene rings is 1. The van der Waals surface area contributed by atoms with Gasteiger partial charge in [0, 0.05) is 30.9 Å². The van der Waals surface area contributed by atoms with Gasteiger partial charge >= 0.3 is 0 Å². The molecule has 1 aliphatic carbocycles. The first-order chi connectivity index (χ1) is 9.22. The van der Waals surface area contributed by atoms with Crippen molar-refractivity contribution < 1.29 is 0 Å². The van der Waals surface area contributed by atoms with E-state index in [0.29, 0.717) is 6.04 Å². The maximum atomic E-state index is 3.57. The Morgan fingerprint density at radius 3 is 2.47 bits per heavy atom. The average molecular weight is 258 g/mol. The SMILES string of the molecule is CC1CCC(C)N(c2ccc(CNC3CC3)cc2)C1. The Kier molecular flexibility index (Phi) is 3.79. The molecule has 0 spiro atoms. The maximum Gasteiger partial charge on any atom is 0.0368 e. The van der Waals surface area contributed by atoms with Crippen molar-refractivity contribution in [3.63, 3.8) is 0 Å². The van der Waals surface area contributed by atoms with Crippen LogP contribution in [0.25, 0.3) is 0 Å². The minimum absolute atomic E-state index is 0.687. The molecule has 1 aromatic rings. The van der Waals surface area contributed by atoms with Crippen LogP contribution in [0.15, 0.2) is 24.3 Å². The van der Waals surface area contributed by atoms with Crippen LogP contribution in [0.3, 0.4) is 0 Å². The molecule has 1 aromatic carbocycles. The van der Waals surface area contributed by atoms with Gasteiger partial charge in [0.05, 0.1) is 0 Å². The molecule has 0 bridgehead atoms. The van der Waals surface area contributed by atoms with Crippen LogP contribution in [0.2, 0.25) is 0 Å². The summed E-state index contributed by atoms with van der Waals surface area (Å²) < 4.78 is 0. The van der Waals surface area contributed by atoms with Crippen LogP contribution >= 0.6 is 0 Å². The number of rotatable bonds is 4. The van der Waals surface area contributed by atoms with Gasteiger partial charge in [0.1, 0.15) is 0 Å². The van der Waals surface area contributed by atoms with E-state index in [2.05, 4.69) is 48.3 Å². The van der Waals surface area contributed by atoms with Crippen molar-refractivity contribution in [2.45, 2.75) is 58.2 Å². The lowest BCUT2D eigenvalue weighted by Gasteiger charge is -2.38. The number of hydrogen-bond acceptors (Lipinski definition) is 2. The van der Waals surface area contributed by atoms with E-state index in [9.17, 15) is 0 Å². The number of hydrogen-bond donors (Lipinski definition) is 1. The molecule has 0 aromatic heterocycles. The first-order valence-electron chi connectivity index (χ1n) is 7.81. The molecule has 1 saturated carbocycles. The predicted octanol–water partition coefficient (Wildman–Crippen LogP) is 3.56. The Morgan fingerprint density at radius 2 is 1.79 bits per heavy atom. The van der Waals surface area contributed by atoms with Crippen molar-refractivity contribution in [1.29, 1.82) is 0 Å². The fourth-order valence-electron chi connectivity index (χ4n) is 3.00. The molecule has 1 heterocycles. The summed E-state index contributed by atoms with van der Waals surface area (Å²) in [6, 6.07) is 10.7. The van der Waals surface area contributed by atoms with Crippen LogP contribution < -0.4 is 10.2 Å². The van der Waals surface area contributed by atoms with E-state index in [-0.39, 0.29) is 0 Å². The molecule has 2 heteroatoms. The Bertz CT molecular complexity index is 408. The van der Waals surface area contributed by atoms with E-state index in [1.165, 1.54) is 43.5 Å². The fraction of sp³-hybridized carbons (Fsp3) is 0.647. The monoisotopic (exact) mass is 258 g/mol. The third-order valence-corrected chi connectivity index (χ3v) is 4.56. The molecule has 0 amide bonds. The zero-order chi connectivity index (χ0) is 13.2. The lowest BCUT2D eigenvalue weighted by molar-refractivity contribution is 0.390. The maximum absolute atomic E-state index is 3.57. The molecule has 19 heavy (non-hydrogen) atoms. The zero-order valence-electron chi connectivity index (χ0n) is 12.2. The topological polar surface area (TPSA) is 15.3 Å². The molecule has 3 rings (SSSR count). The van der Waals surface area contributed by atoms with Crippen molar-refractivity contribution in [1.82, 2.24) is 5.32 Å². The minimum atomic E-state index is 0.687. The largest absolute Gasteiger partial charge is 0.369 e. The van der Waals surface area contributed by atoms with Crippen LogP contribution in [0.4, 0.5) is 5.69 Å². The molecule has 0 radical (unpaired) electrons. The smallest absolute Gasteiger partial charge is 0.0368 e. The van der Waals surface area contributed by atoms with Gasteiger partial charge in [-0.25, -0.2) is 0 Å². The second-order valence-corrected chi connectivity index (χ2v) is 6.51. The molecule has 2 atom stereocenters. The molecule has 2 unspecified atom stereocenters. The van der Waals surface area contributed by atoms with Gasteiger partial charge in [0.2, 0.25) is 0 Å². The molecule has 2 aliphatic rings. The van der Waals surface area contributed by atoms with Crippen LogP contribution in [0.1, 0.15) is 45.1 Å². The van der Waals surface area contributed by atoms with Crippen molar-refractivity contribution in [3.8, 4) is 0 Å². The van der Waals surface area contributed by atoms with Crippen LogP contribution in [0.5, 0.6) is 0 Å². The van der Waals surface area contributed by atoms with Crippen LogP contribution in [-0.2, 0) is 6.54 Å². The van der Waals surface area contributed by atoms with Crippen molar-refractivity contribution in [3.05, 3.63) is 29.8 Å². The van der Waals surface area contributed by atoms with Crippen molar-refractivity contribution >= 4 is 5.69 Å². The quantitative estimate of drug-likeness (QED) is 0.888. The highest BCUT2D eigenvalue weighted by Crippen LogP contribution is 2.27. The van der Waals surface area contributed by atoms with Gasteiger partial charge in [-0.1, -0.05) is 19.1 Å². The molecule has 2 fully saturated rings. The van der Waals surface area contributed by atoms with Gasteiger partial charge in [0.15, 0.2) is 0 Å². The van der Waals surface area contributed by atoms with Crippen LogP contribution in [-0.4, -0.2) is 18.6 Å². The summed E-state index contributed by atoms with van der Waals surface area (Å²) in [5.74, 6) is 0.826.